The van der Waals surface area contributed by atoms with Crippen LogP contribution in [0.2, 0.25) is 0 Å². The highest BCUT2D eigenvalue weighted by atomic mass is 15.2. The van der Waals surface area contributed by atoms with Crippen molar-refractivity contribution < 1.29 is 0 Å². The van der Waals surface area contributed by atoms with E-state index in [0.29, 0.717) is 5.92 Å². The van der Waals surface area contributed by atoms with Crippen molar-refractivity contribution in [1.82, 2.24) is 4.90 Å². The van der Waals surface area contributed by atoms with Crippen molar-refractivity contribution in [3.05, 3.63) is 12.8 Å². The second-order valence-electron chi connectivity index (χ2n) is 2.86. The van der Waals surface area contributed by atoms with Crippen molar-refractivity contribution in [2.75, 3.05) is 13.6 Å². The topological polar surface area (TPSA) is 15.6 Å². The Balaban J connectivity index is 4.42. The van der Waals surface area contributed by atoms with Gasteiger partial charge in [0.15, 0.2) is 0 Å². The van der Waals surface area contributed by atoms with Gasteiger partial charge in [-0.25, -0.2) is 0 Å². The third-order valence-corrected chi connectivity index (χ3v) is 2.14. The van der Waals surface area contributed by atoms with Crippen molar-refractivity contribution in [2.24, 2.45) is 10.9 Å². The number of rotatable bonds is 4. The molecule has 0 aromatic heterocycles. The molecule has 0 heterocycles. The van der Waals surface area contributed by atoms with Crippen molar-refractivity contribution in [2.45, 2.75) is 27.2 Å². The Bertz CT molecular complexity index is 161. The molecule has 0 amide bonds. The molecule has 2 nitrogen and oxygen atoms in total. The molecule has 0 saturated heterocycles. The number of nitrogens with zero attached hydrogens (tertiary/aromatic N) is 2. The van der Waals surface area contributed by atoms with E-state index in [4.69, 9.17) is 0 Å². The van der Waals surface area contributed by atoms with Crippen LogP contribution in [0.25, 0.3) is 0 Å². The smallest absolute Gasteiger partial charge is 0.105 e. The maximum Gasteiger partial charge on any atom is 0.105 e. The van der Waals surface area contributed by atoms with Crippen LogP contribution in [-0.2, 0) is 0 Å². The van der Waals surface area contributed by atoms with Gasteiger partial charge in [0, 0.05) is 19.5 Å². The summed E-state index contributed by atoms with van der Waals surface area (Å²) < 4.78 is 0. The van der Waals surface area contributed by atoms with E-state index >= 15 is 0 Å². The first-order chi connectivity index (χ1) is 5.71. The fraction of sp³-hybridized carbons (Fsp3) is 0.700. The molecule has 0 fully saturated rings. The van der Waals surface area contributed by atoms with Crippen molar-refractivity contribution >= 4 is 5.84 Å². The van der Waals surface area contributed by atoms with Gasteiger partial charge >= 0.3 is 0 Å². The van der Waals surface area contributed by atoms with Gasteiger partial charge in [0.2, 0.25) is 0 Å². The lowest BCUT2D eigenvalue weighted by Gasteiger charge is -2.23. The molecule has 0 aliphatic rings. The molecule has 0 aromatic carbocycles. The molecule has 0 bridgehead atoms. The van der Waals surface area contributed by atoms with Gasteiger partial charge in [-0.05, 0) is 19.5 Å². The van der Waals surface area contributed by atoms with E-state index in [-0.39, 0.29) is 0 Å². The standard InChI is InChI=1S/C10H20N2/c1-6-9(4)10(11-5)12(7-2)8-3/h7,9H,2,6,8H2,1,3-5H3/b11-10-. The Labute approximate surface area is 76.0 Å². The first-order valence-corrected chi connectivity index (χ1v) is 4.57. The van der Waals surface area contributed by atoms with Crippen LogP contribution in [0.4, 0.5) is 0 Å². The molecule has 70 valence electrons. The van der Waals surface area contributed by atoms with E-state index in [0.717, 1.165) is 18.8 Å². The van der Waals surface area contributed by atoms with Crippen LogP contribution in [-0.4, -0.2) is 24.3 Å². The fourth-order valence-corrected chi connectivity index (χ4v) is 1.20. The number of hydrogen-bond acceptors (Lipinski definition) is 1. The summed E-state index contributed by atoms with van der Waals surface area (Å²) in [5.74, 6) is 1.66. The van der Waals surface area contributed by atoms with Gasteiger partial charge < -0.3 is 4.90 Å². The summed E-state index contributed by atoms with van der Waals surface area (Å²) in [4.78, 5) is 6.36. The van der Waals surface area contributed by atoms with E-state index in [1.807, 2.05) is 13.2 Å². The highest BCUT2D eigenvalue weighted by Crippen LogP contribution is 2.08. The Hall–Kier alpha value is -0.790. The Kier molecular flexibility index (Phi) is 5.43. The fourth-order valence-electron chi connectivity index (χ4n) is 1.20. The minimum atomic E-state index is 0.521. The second kappa shape index (κ2) is 5.81. The van der Waals surface area contributed by atoms with E-state index in [9.17, 15) is 0 Å². The van der Waals surface area contributed by atoms with Crippen LogP contribution in [0.5, 0.6) is 0 Å². The summed E-state index contributed by atoms with van der Waals surface area (Å²) in [7, 11) is 1.84. The van der Waals surface area contributed by atoms with Crippen LogP contribution in [0.1, 0.15) is 27.2 Å². The Morgan fingerprint density at radius 2 is 2.17 bits per heavy atom. The Morgan fingerprint density at radius 1 is 1.58 bits per heavy atom. The minimum absolute atomic E-state index is 0.521. The normalized spacial score (nSPS) is 14.2. The largest absolute Gasteiger partial charge is 0.337 e. The molecule has 2 heteroatoms. The molecule has 12 heavy (non-hydrogen) atoms. The lowest BCUT2D eigenvalue weighted by atomic mass is 10.1. The zero-order chi connectivity index (χ0) is 9.56. The maximum atomic E-state index is 4.27. The van der Waals surface area contributed by atoms with E-state index in [1.54, 1.807) is 0 Å². The molecule has 0 rings (SSSR count). The first kappa shape index (κ1) is 11.2. The molecule has 0 radical (unpaired) electrons. The molecule has 0 saturated carbocycles. The van der Waals surface area contributed by atoms with E-state index < -0.39 is 0 Å². The van der Waals surface area contributed by atoms with E-state index in [2.05, 4.69) is 37.2 Å². The van der Waals surface area contributed by atoms with Crippen molar-refractivity contribution in [3.63, 3.8) is 0 Å². The average molecular weight is 168 g/mol. The predicted octanol–water partition coefficient (Wildman–Crippen LogP) is 2.53. The van der Waals surface area contributed by atoms with Gasteiger partial charge in [0.1, 0.15) is 5.84 Å². The van der Waals surface area contributed by atoms with Crippen LogP contribution >= 0.6 is 0 Å². The molecule has 1 atom stereocenters. The van der Waals surface area contributed by atoms with Crippen LogP contribution < -0.4 is 0 Å². The molecular weight excluding hydrogens is 148 g/mol. The maximum absolute atomic E-state index is 4.27. The molecule has 0 aliphatic heterocycles. The lowest BCUT2D eigenvalue weighted by molar-refractivity contribution is 0.533. The SMILES string of the molecule is C=CN(CC)/C(=N\C)C(C)CC. The van der Waals surface area contributed by atoms with Crippen molar-refractivity contribution in [1.29, 1.82) is 0 Å². The summed E-state index contributed by atoms with van der Waals surface area (Å²) in [5.41, 5.74) is 0. The molecule has 0 N–H and O–H groups in total. The van der Waals surface area contributed by atoms with Gasteiger partial charge in [-0.15, -0.1) is 0 Å². The second-order valence-corrected chi connectivity index (χ2v) is 2.86. The molecular formula is C10H20N2. The lowest BCUT2D eigenvalue weighted by Crippen LogP contribution is -2.30. The minimum Gasteiger partial charge on any atom is -0.337 e. The van der Waals surface area contributed by atoms with Gasteiger partial charge in [0.25, 0.3) is 0 Å². The van der Waals surface area contributed by atoms with Crippen LogP contribution in [0, 0.1) is 5.92 Å². The third kappa shape index (κ3) is 2.68. The monoisotopic (exact) mass is 168 g/mol. The molecule has 1 unspecified atom stereocenters. The van der Waals surface area contributed by atoms with E-state index in [1.165, 1.54) is 0 Å². The summed E-state index contributed by atoms with van der Waals surface area (Å²) in [5, 5.41) is 0. The molecule has 0 aromatic rings. The number of amidine groups is 1. The summed E-state index contributed by atoms with van der Waals surface area (Å²) in [6.45, 7) is 11.2. The quantitative estimate of drug-likeness (QED) is 0.465. The first-order valence-electron chi connectivity index (χ1n) is 4.57. The van der Waals surface area contributed by atoms with Crippen LogP contribution in [0.15, 0.2) is 17.8 Å². The summed E-state index contributed by atoms with van der Waals surface area (Å²) in [6, 6.07) is 0. The predicted molar refractivity (Wildman–Crippen MR) is 55.4 cm³/mol. The number of hydrogen-bond donors (Lipinski definition) is 0. The van der Waals surface area contributed by atoms with Gasteiger partial charge in [-0.3, -0.25) is 4.99 Å². The summed E-state index contributed by atoms with van der Waals surface area (Å²) >= 11 is 0. The summed E-state index contributed by atoms with van der Waals surface area (Å²) in [6.07, 6.45) is 2.96. The highest BCUT2D eigenvalue weighted by Gasteiger charge is 2.11. The third-order valence-electron chi connectivity index (χ3n) is 2.14. The number of aliphatic imine (C=N–C) groups is 1. The average Bonchev–Trinajstić information content (AvgIpc) is 2.12. The van der Waals surface area contributed by atoms with Crippen LogP contribution in [0.3, 0.4) is 0 Å². The molecule has 0 aliphatic carbocycles. The van der Waals surface area contributed by atoms with Gasteiger partial charge in [-0.1, -0.05) is 20.4 Å². The van der Waals surface area contributed by atoms with Gasteiger partial charge in [-0.2, -0.15) is 0 Å². The Morgan fingerprint density at radius 3 is 2.42 bits per heavy atom. The van der Waals surface area contributed by atoms with Gasteiger partial charge in [0.05, 0.1) is 0 Å². The van der Waals surface area contributed by atoms with Crippen molar-refractivity contribution in [3.8, 4) is 0 Å². The zero-order valence-corrected chi connectivity index (χ0v) is 8.67. The zero-order valence-electron chi connectivity index (χ0n) is 8.67. The molecule has 0 spiro atoms. The highest BCUT2D eigenvalue weighted by molar-refractivity contribution is 5.85.